The number of halogens is 3. The lowest BCUT2D eigenvalue weighted by molar-refractivity contribution is -0.136. The van der Waals surface area contributed by atoms with Gasteiger partial charge in [-0.1, -0.05) is 24.3 Å². The Morgan fingerprint density at radius 3 is 2.40 bits per heavy atom. The highest BCUT2D eigenvalue weighted by atomic mass is 19.4. The summed E-state index contributed by atoms with van der Waals surface area (Å²) in [4.78, 5) is 0. The van der Waals surface area contributed by atoms with Crippen molar-refractivity contribution in [2.75, 3.05) is 5.73 Å². The summed E-state index contributed by atoms with van der Waals surface area (Å²) in [6, 6.07) is 11.1. The second-order valence-corrected chi connectivity index (χ2v) is 4.47. The molecular weight excluding hydrogens is 267 g/mol. The molecule has 0 aromatic heterocycles. The number of nitrogen functional groups attached to an aromatic ring is 1. The van der Waals surface area contributed by atoms with Gasteiger partial charge in [0.2, 0.25) is 0 Å². The minimum atomic E-state index is -4.43. The Labute approximate surface area is 115 Å². The summed E-state index contributed by atoms with van der Waals surface area (Å²) in [5.74, 6) is 0.700. The van der Waals surface area contributed by atoms with E-state index in [1.807, 2.05) is 31.2 Å². The lowest BCUT2D eigenvalue weighted by Gasteiger charge is -2.12. The Bertz CT molecular complexity index is 608. The summed E-state index contributed by atoms with van der Waals surface area (Å²) in [6.45, 7) is 2.07. The third kappa shape index (κ3) is 3.23. The molecule has 106 valence electrons. The van der Waals surface area contributed by atoms with Crippen LogP contribution in [-0.2, 0) is 12.8 Å². The first kappa shape index (κ1) is 14.2. The van der Waals surface area contributed by atoms with Crippen LogP contribution in [0.1, 0.15) is 16.7 Å². The van der Waals surface area contributed by atoms with Crippen LogP contribution in [0, 0.1) is 6.92 Å². The molecule has 0 amide bonds. The molecule has 0 fully saturated rings. The van der Waals surface area contributed by atoms with Crippen LogP contribution >= 0.6 is 0 Å². The lowest BCUT2D eigenvalue weighted by atomic mass is 10.1. The van der Waals surface area contributed by atoms with Crippen LogP contribution in [0.4, 0.5) is 18.9 Å². The Morgan fingerprint density at radius 2 is 1.80 bits per heavy atom. The number of hydrogen-bond acceptors (Lipinski definition) is 2. The molecule has 0 heterocycles. The fraction of sp³-hybridized carbons (Fsp3) is 0.200. The van der Waals surface area contributed by atoms with Crippen molar-refractivity contribution in [1.82, 2.24) is 0 Å². The van der Waals surface area contributed by atoms with E-state index >= 15 is 0 Å². The summed E-state index contributed by atoms with van der Waals surface area (Å²) in [7, 11) is 0. The van der Waals surface area contributed by atoms with Crippen LogP contribution in [0.2, 0.25) is 0 Å². The predicted octanol–water partition coefficient (Wildman–Crippen LogP) is 4.18. The predicted molar refractivity (Wildman–Crippen MR) is 71.4 cm³/mol. The van der Waals surface area contributed by atoms with Gasteiger partial charge in [-0.15, -0.1) is 0 Å². The van der Waals surface area contributed by atoms with Gasteiger partial charge in [-0.3, -0.25) is 0 Å². The summed E-state index contributed by atoms with van der Waals surface area (Å²) < 4.78 is 43.3. The van der Waals surface area contributed by atoms with Crippen molar-refractivity contribution in [1.29, 1.82) is 0 Å². The maximum Gasteiger partial charge on any atom is 0.418 e. The third-order valence-electron chi connectivity index (χ3n) is 2.91. The molecule has 5 heteroatoms. The highest BCUT2D eigenvalue weighted by Crippen LogP contribution is 2.34. The van der Waals surface area contributed by atoms with Gasteiger partial charge in [0, 0.05) is 5.69 Å². The van der Waals surface area contributed by atoms with Gasteiger partial charge < -0.3 is 10.5 Å². The van der Waals surface area contributed by atoms with Gasteiger partial charge in [0.1, 0.15) is 12.4 Å². The van der Waals surface area contributed by atoms with Crippen LogP contribution in [0.3, 0.4) is 0 Å². The number of nitrogens with two attached hydrogens (primary N) is 1. The molecule has 2 nitrogen and oxygen atoms in total. The molecular formula is C15H14F3NO. The standard InChI is InChI=1S/C15H14F3NO/c1-10-4-2-3-5-14(10)20-9-11-6-7-12(13(19)8-11)15(16,17)18/h2-8H,9,19H2,1H3. The lowest BCUT2D eigenvalue weighted by Crippen LogP contribution is -2.09. The summed E-state index contributed by atoms with van der Waals surface area (Å²) >= 11 is 0. The number of benzene rings is 2. The molecule has 0 atom stereocenters. The SMILES string of the molecule is Cc1ccccc1OCc1ccc(C(F)(F)F)c(N)c1. The number of hydrogen-bond donors (Lipinski definition) is 1. The molecule has 0 unspecified atom stereocenters. The van der Waals surface area contributed by atoms with E-state index in [4.69, 9.17) is 10.5 Å². The van der Waals surface area contributed by atoms with Gasteiger partial charge in [0.05, 0.1) is 5.56 Å². The van der Waals surface area contributed by atoms with Crippen LogP contribution in [0.5, 0.6) is 5.75 Å². The van der Waals surface area contributed by atoms with Crippen molar-refractivity contribution >= 4 is 5.69 Å². The minimum absolute atomic E-state index is 0.174. The molecule has 0 saturated carbocycles. The molecule has 0 saturated heterocycles. The number of ether oxygens (including phenoxy) is 1. The quantitative estimate of drug-likeness (QED) is 0.857. The van der Waals surface area contributed by atoms with Gasteiger partial charge in [0.15, 0.2) is 0 Å². The Kier molecular flexibility index (Phi) is 3.88. The van der Waals surface area contributed by atoms with Crippen molar-refractivity contribution in [3.8, 4) is 5.75 Å². The van der Waals surface area contributed by atoms with E-state index in [0.29, 0.717) is 11.3 Å². The highest BCUT2D eigenvalue weighted by Gasteiger charge is 2.32. The van der Waals surface area contributed by atoms with E-state index in [2.05, 4.69) is 0 Å². The largest absolute Gasteiger partial charge is 0.489 e. The number of para-hydroxylation sites is 1. The van der Waals surface area contributed by atoms with E-state index in [9.17, 15) is 13.2 Å². The molecule has 0 aliphatic rings. The smallest absolute Gasteiger partial charge is 0.418 e. The zero-order valence-corrected chi connectivity index (χ0v) is 10.9. The summed E-state index contributed by atoms with van der Waals surface area (Å²) in [6.07, 6.45) is -4.43. The van der Waals surface area contributed by atoms with Gasteiger partial charge in [0.25, 0.3) is 0 Å². The first-order valence-corrected chi connectivity index (χ1v) is 6.02. The Morgan fingerprint density at radius 1 is 1.10 bits per heavy atom. The fourth-order valence-electron chi connectivity index (χ4n) is 1.84. The average molecular weight is 281 g/mol. The number of rotatable bonds is 3. The van der Waals surface area contributed by atoms with E-state index in [-0.39, 0.29) is 12.3 Å². The van der Waals surface area contributed by atoms with Crippen LogP contribution in [0.15, 0.2) is 42.5 Å². The van der Waals surface area contributed by atoms with Crippen molar-refractivity contribution in [3.63, 3.8) is 0 Å². The molecule has 0 spiro atoms. The normalized spacial score (nSPS) is 11.4. The van der Waals surface area contributed by atoms with Crippen molar-refractivity contribution in [3.05, 3.63) is 59.2 Å². The van der Waals surface area contributed by atoms with Crippen molar-refractivity contribution in [2.45, 2.75) is 19.7 Å². The van der Waals surface area contributed by atoms with Crippen molar-refractivity contribution in [2.24, 2.45) is 0 Å². The first-order valence-electron chi connectivity index (χ1n) is 6.02. The van der Waals surface area contributed by atoms with E-state index in [1.54, 1.807) is 0 Å². The molecule has 0 aliphatic heterocycles. The van der Waals surface area contributed by atoms with Gasteiger partial charge in [-0.05, 0) is 36.2 Å². The first-order chi connectivity index (χ1) is 9.38. The summed E-state index contributed by atoms with van der Waals surface area (Å²) in [5, 5.41) is 0. The second kappa shape index (κ2) is 5.45. The van der Waals surface area contributed by atoms with Crippen LogP contribution in [-0.4, -0.2) is 0 Å². The molecule has 2 N–H and O–H groups in total. The molecule has 0 bridgehead atoms. The Balaban J connectivity index is 2.12. The van der Waals surface area contributed by atoms with Crippen LogP contribution < -0.4 is 10.5 Å². The number of alkyl halides is 3. The number of aryl methyl sites for hydroxylation is 1. The zero-order valence-electron chi connectivity index (χ0n) is 10.9. The molecule has 2 aromatic carbocycles. The molecule has 0 aliphatic carbocycles. The van der Waals surface area contributed by atoms with Crippen molar-refractivity contribution < 1.29 is 17.9 Å². The topological polar surface area (TPSA) is 35.2 Å². The molecule has 2 aromatic rings. The molecule has 0 radical (unpaired) electrons. The highest BCUT2D eigenvalue weighted by molar-refractivity contribution is 5.50. The van der Waals surface area contributed by atoms with Gasteiger partial charge in [-0.2, -0.15) is 13.2 Å². The zero-order chi connectivity index (χ0) is 14.8. The van der Waals surface area contributed by atoms with E-state index in [0.717, 1.165) is 11.6 Å². The summed E-state index contributed by atoms with van der Waals surface area (Å²) in [5.41, 5.74) is 5.88. The molecule has 2 rings (SSSR count). The number of anilines is 1. The van der Waals surface area contributed by atoms with E-state index < -0.39 is 11.7 Å². The Hall–Kier alpha value is -2.17. The maximum absolute atomic E-state index is 12.6. The van der Waals surface area contributed by atoms with E-state index in [1.165, 1.54) is 12.1 Å². The van der Waals surface area contributed by atoms with Gasteiger partial charge >= 0.3 is 6.18 Å². The fourth-order valence-corrected chi connectivity index (χ4v) is 1.84. The maximum atomic E-state index is 12.6. The third-order valence-corrected chi connectivity index (χ3v) is 2.91. The molecule has 20 heavy (non-hydrogen) atoms. The average Bonchev–Trinajstić information content (AvgIpc) is 2.36. The monoisotopic (exact) mass is 281 g/mol. The second-order valence-electron chi connectivity index (χ2n) is 4.47. The minimum Gasteiger partial charge on any atom is -0.489 e. The van der Waals surface area contributed by atoms with Gasteiger partial charge in [-0.25, -0.2) is 0 Å². The van der Waals surface area contributed by atoms with Crippen LogP contribution in [0.25, 0.3) is 0 Å².